The molecule has 0 bridgehead atoms. The molecular formula is C21H21FN4O3. The fourth-order valence-corrected chi connectivity index (χ4v) is 3.84. The molecule has 3 aromatic rings. The van der Waals surface area contributed by atoms with Crippen molar-refractivity contribution < 1.29 is 18.7 Å². The molecule has 3 N–H and O–H groups in total. The van der Waals surface area contributed by atoms with Gasteiger partial charge in [-0.25, -0.2) is 14.2 Å². The number of carbonyl (C=O) groups is 2. The van der Waals surface area contributed by atoms with Crippen LogP contribution in [0.3, 0.4) is 0 Å². The number of fused-ring (bicyclic) bond motifs is 1. The van der Waals surface area contributed by atoms with E-state index in [0.29, 0.717) is 24.3 Å². The summed E-state index contributed by atoms with van der Waals surface area (Å²) in [7, 11) is 0. The topological polar surface area (TPSA) is 101 Å². The molecule has 2 amide bonds. The number of amides is 2. The Bertz CT molecular complexity index is 1080. The highest BCUT2D eigenvalue weighted by atomic mass is 19.1. The second-order valence-corrected chi connectivity index (χ2v) is 7.34. The Hall–Kier alpha value is -3.42. The summed E-state index contributed by atoms with van der Waals surface area (Å²) in [6.07, 6.45) is 0.975. The monoisotopic (exact) mass is 396 g/mol. The van der Waals surface area contributed by atoms with Gasteiger partial charge in [-0.15, -0.1) is 0 Å². The number of carbonyl (C=O) groups excluding carboxylic acids is 2. The van der Waals surface area contributed by atoms with Crippen molar-refractivity contribution >= 4 is 23.0 Å². The Kier molecular flexibility index (Phi) is 4.70. The number of halogens is 1. The van der Waals surface area contributed by atoms with E-state index >= 15 is 0 Å². The summed E-state index contributed by atoms with van der Waals surface area (Å²) >= 11 is 0. The number of hydrogen-bond acceptors (Lipinski definition) is 4. The van der Waals surface area contributed by atoms with Crippen LogP contribution < -0.4 is 5.73 Å². The number of benzene rings is 2. The first-order chi connectivity index (χ1) is 13.9. The van der Waals surface area contributed by atoms with E-state index in [1.165, 1.54) is 12.1 Å². The molecule has 1 aliphatic heterocycles. The number of hydrogen-bond donors (Lipinski definition) is 2. The molecule has 8 heteroatoms. The Labute approximate surface area is 166 Å². The highest BCUT2D eigenvalue weighted by molar-refractivity contribution is 6.04. The van der Waals surface area contributed by atoms with Gasteiger partial charge in [-0.3, -0.25) is 9.69 Å². The van der Waals surface area contributed by atoms with E-state index in [0.717, 1.165) is 12.0 Å². The maximum Gasteiger partial charge on any atom is 0.410 e. The molecule has 29 heavy (non-hydrogen) atoms. The summed E-state index contributed by atoms with van der Waals surface area (Å²) in [4.78, 5) is 33.7. The lowest BCUT2D eigenvalue weighted by Gasteiger charge is -2.32. The highest BCUT2D eigenvalue weighted by Gasteiger charge is 2.44. The van der Waals surface area contributed by atoms with Gasteiger partial charge in [-0.2, -0.15) is 0 Å². The summed E-state index contributed by atoms with van der Waals surface area (Å²) in [6, 6.07) is 12.1. The van der Waals surface area contributed by atoms with E-state index in [4.69, 9.17) is 10.5 Å². The van der Waals surface area contributed by atoms with Gasteiger partial charge in [0.05, 0.1) is 5.52 Å². The largest absolute Gasteiger partial charge is 0.445 e. The SMILES string of the molecule is CC1(c2nc3c(C(N)=O)c(F)ccc3[nH]2)CCCN1C(=O)OCc1ccccc1. The molecule has 1 unspecified atom stereocenters. The number of nitrogens with zero attached hydrogens (tertiary/aromatic N) is 2. The van der Waals surface area contributed by atoms with Gasteiger partial charge in [-0.1, -0.05) is 30.3 Å². The van der Waals surface area contributed by atoms with Crippen molar-refractivity contribution in [3.05, 3.63) is 65.2 Å². The van der Waals surface area contributed by atoms with Gasteiger partial charge in [0.25, 0.3) is 5.91 Å². The quantitative estimate of drug-likeness (QED) is 0.705. The van der Waals surface area contributed by atoms with E-state index in [2.05, 4.69) is 9.97 Å². The number of ether oxygens (including phenoxy) is 1. The van der Waals surface area contributed by atoms with Crippen LogP contribution in [-0.2, 0) is 16.9 Å². The lowest BCUT2D eigenvalue weighted by molar-refractivity contribution is 0.0669. The predicted molar refractivity (Wildman–Crippen MR) is 104 cm³/mol. The molecule has 1 saturated heterocycles. The zero-order valence-electron chi connectivity index (χ0n) is 15.9. The standard InChI is InChI=1S/C21H21FN4O3/c1-21(19-24-15-9-8-14(22)16(18(23)27)17(15)25-19)10-5-11-26(21)20(28)29-12-13-6-3-2-4-7-13/h2-4,6-9H,5,10-12H2,1H3,(H2,23,27)(H,24,25). The Morgan fingerprint density at radius 3 is 2.76 bits per heavy atom. The summed E-state index contributed by atoms with van der Waals surface area (Å²) < 4.78 is 19.6. The van der Waals surface area contributed by atoms with Crippen molar-refractivity contribution in [3.8, 4) is 0 Å². The lowest BCUT2D eigenvalue weighted by atomic mass is 9.98. The molecule has 1 atom stereocenters. The van der Waals surface area contributed by atoms with Crippen molar-refractivity contribution in [2.45, 2.75) is 31.9 Å². The number of aromatic amines is 1. The zero-order chi connectivity index (χ0) is 20.6. The molecule has 2 heterocycles. The second kappa shape index (κ2) is 7.20. The number of likely N-dealkylation sites (tertiary alicyclic amines) is 1. The molecule has 4 rings (SSSR count). The average molecular weight is 396 g/mol. The number of nitrogens with two attached hydrogens (primary N) is 1. The summed E-state index contributed by atoms with van der Waals surface area (Å²) in [6.45, 7) is 2.56. The smallest absolute Gasteiger partial charge is 0.410 e. The zero-order valence-corrected chi connectivity index (χ0v) is 15.9. The number of primary amides is 1. The Morgan fingerprint density at radius 2 is 2.03 bits per heavy atom. The fraction of sp³-hybridized carbons (Fsp3) is 0.286. The van der Waals surface area contributed by atoms with E-state index in [-0.39, 0.29) is 17.7 Å². The molecule has 7 nitrogen and oxygen atoms in total. The molecule has 0 aliphatic carbocycles. The second-order valence-electron chi connectivity index (χ2n) is 7.34. The van der Waals surface area contributed by atoms with Crippen LogP contribution in [0.2, 0.25) is 0 Å². The van der Waals surface area contributed by atoms with E-state index < -0.39 is 23.4 Å². The molecule has 1 aromatic heterocycles. The van der Waals surface area contributed by atoms with Crippen molar-refractivity contribution in [1.82, 2.24) is 14.9 Å². The van der Waals surface area contributed by atoms with Gasteiger partial charge < -0.3 is 15.5 Å². The van der Waals surface area contributed by atoms with Crippen molar-refractivity contribution in [2.24, 2.45) is 5.73 Å². The third-order valence-corrected chi connectivity index (χ3v) is 5.43. The van der Waals surface area contributed by atoms with E-state index in [1.54, 1.807) is 4.90 Å². The summed E-state index contributed by atoms with van der Waals surface area (Å²) in [5.41, 5.74) is 5.85. The van der Waals surface area contributed by atoms with Gasteiger partial charge in [0.1, 0.15) is 34.9 Å². The minimum atomic E-state index is -0.887. The first kappa shape index (κ1) is 18.9. The van der Waals surface area contributed by atoms with Crippen LogP contribution in [0.1, 0.15) is 41.5 Å². The van der Waals surface area contributed by atoms with Gasteiger partial charge in [-0.05, 0) is 37.5 Å². The van der Waals surface area contributed by atoms with Crippen LogP contribution in [0.5, 0.6) is 0 Å². The Balaban J connectivity index is 1.63. The fourth-order valence-electron chi connectivity index (χ4n) is 3.84. The van der Waals surface area contributed by atoms with Crippen LogP contribution in [0.4, 0.5) is 9.18 Å². The van der Waals surface area contributed by atoms with Crippen LogP contribution in [0, 0.1) is 5.82 Å². The lowest BCUT2D eigenvalue weighted by Crippen LogP contribution is -2.43. The van der Waals surface area contributed by atoms with E-state index in [1.807, 2.05) is 37.3 Å². The van der Waals surface area contributed by atoms with Gasteiger partial charge in [0.2, 0.25) is 0 Å². The van der Waals surface area contributed by atoms with Crippen molar-refractivity contribution in [2.75, 3.05) is 6.54 Å². The molecule has 2 aromatic carbocycles. The molecular weight excluding hydrogens is 375 g/mol. The summed E-state index contributed by atoms with van der Waals surface area (Å²) in [5.74, 6) is -1.14. The third-order valence-electron chi connectivity index (χ3n) is 5.43. The normalized spacial score (nSPS) is 18.9. The number of rotatable bonds is 4. The van der Waals surface area contributed by atoms with Crippen LogP contribution >= 0.6 is 0 Å². The first-order valence-electron chi connectivity index (χ1n) is 9.37. The van der Waals surface area contributed by atoms with Gasteiger partial charge in [0.15, 0.2) is 0 Å². The number of nitrogens with one attached hydrogen (secondary N) is 1. The first-order valence-corrected chi connectivity index (χ1v) is 9.37. The molecule has 1 fully saturated rings. The maximum atomic E-state index is 14.1. The third kappa shape index (κ3) is 3.30. The minimum Gasteiger partial charge on any atom is -0.445 e. The predicted octanol–water partition coefficient (Wildman–Crippen LogP) is 3.45. The average Bonchev–Trinajstić information content (AvgIpc) is 3.31. The van der Waals surface area contributed by atoms with Crippen LogP contribution in [0.15, 0.2) is 42.5 Å². The molecule has 0 spiro atoms. The van der Waals surface area contributed by atoms with Crippen LogP contribution in [-0.4, -0.2) is 33.4 Å². The van der Waals surface area contributed by atoms with Crippen molar-refractivity contribution in [1.29, 1.82) is 0 Å². The van der Waals surface area contributed by atoms with E-state index in [9.17, 15) is 14.0 Å². The Morgan fingerprint density at radius 1 is 1.28 bits per heavy atom. The van der Waals surface area contributed by atoms with Gasteiger partial charge >= 0.3 is 6.09 Å². The van der Waals surface area contributed by atoms with Crippen LogP contribution in [0.25, 0.3) is 11.0 Å². The number of aromatic nitrogens is 2. The number of H-pyrrole nitrogens is 1. The highest BCUT2D eigenvalue weighted by Crippen LogP contribution is 2.38. The molecule has 0 radical (unpaired) electrons. The molecule has 0 saturated carbocycles. The maximum absolute atomic E-state index is 14.1. The van der Waals surface area contributed by atoms with Crippen molar-refractivity contribution in [3.63, 3.8) is 0 Å². The number of imidazole rings is 1. The molecule has 150 valence electrons. The molecule has 1 aliphatic rings. The minimum absolute atomic E-state index is 0.165. The summed E-state index contributed by atoms with van der Waals surface area (Å²) in [5, 5.41) is 0. The van der Waals surface area contributed by atoms with Gasteiger partial charge in [0, 0.05) is 6.54 Å².